The van der Waals surface area contributed by atoms with E-state index in [1.165, 1.54) is 12.4 Å². The summed E-state index contributed by atoms with van der Waals surface area (Å²) < 4.78 is 64.8. The molecule has 0 unspecified atom stereocenters. The lowest BCUT2D eigenvalue weighted by molar-refractivity contribution is 0.0929. The molecule has 1 aromatic carbocycles. The van der Waals surface area contributed by atoms with Crippen molar-refractivity contribution in [3.05, 3.63) is 70.4 Å². The van der Waals surface area contributed by atoms with Gasteiger partial charge in [-0.2, -0.15) is 0 Å². The summed E-state index contributed by atoms with van der Waals surface area (Å²) >= 11 is 0. The van der Waals surface area contributed by atoms with Crippen molar-refractivity contribution in [3.63, 3.8) is 0 Å². The van der Waals surface area contributed by atoms with E-state index < -0.39 is 32.6 Å². The molecule has 2 heterocycles. The molecule has 172 valence electrons. The molecule has 3 aromatic rings. The van der Waals surface area contributed by atoms with Crippen LogP contribution in [0.2, 0.25) is 0 Å². The van der Waals surface area contributed by atoms with Gasteiger partial charge in [0.25, 0.3) is 11.5 Å². The first kappa shape index (κ1) is 23.3. The van der Waals surface area contributed by atoms with Crippen LogP contribution in [0.1, 0.15) is 41.9 Å². The van der Waals surface area contributed by atoms with Crippen molar-refractivity contribution in [2.45, 2.75) is 30.7 Å². The van der Waals surface area contributed by atoms with Crippen molar-refractivity contribution in [1.82, 2.24) is 25.3 Å². The van der Waals surface area contributed by atoms with Crippen LogP contribution < -0.4 is 10.9 Å². The van der Waals surface area contributed by atoms with Crippen LogP contribution in [0.25, 0.3) is 11.6 Å². The highest BCUT2D eigenvalue weighted by Crippen LogP contribution is 3.02. The maximum Gasteiger partial charge on any atom is 0.310 e. The number of benzene rings is 1. The Morgan fingerprint density at radius 1 is 1.09 bits per heavy atom. The van der Waals surface area contributed by atoms with E-state index in [0.29, 0.717) is 25.0 Å². The van der Waals surface area contributed by atoms with Crippen LogP contribution in [0, 0.1) is 0 Å². The zero-order valence-corrected chi connectivity index (χ0v) is 17.4. The summed E-state index contributed by atoms with van der Waals surface area (Å²) in [7, 11) is -9.80. The highest BCUT2D eigenvalue weighted by atomic mass is 32.5. The quantitative estimate of drug-likeness (QED) is 0.460. The normalized spacial score (nSPS) is 14.8. The number of nitrogens with one attached hydrogen (secondary N) is 2. The number of hydrogen-bond acceptors (Lipinski definition) is 5. The topological polar surface area (TPSA) is 101 Å². The van der Waals surface area contributed by atoms with Gasteiger partial charge in [0.2, 0.25) is 0 Å². The van der Waals surface area contributed by atoms with E-state index in [1.807, 2.05) is 0 Å². The summed E-state index contributed by atoms with van der Waals surface area (Å²) in [5.41, 5.74) is -0.705. The lowest BCUT2D eigenvalue weighted by Gasteiger charge is -2.40. The Balaban J connectivity index is 1.88. The van der Waals surface area contributed by atoms with E-state index >= 15 is 0 Å². The molecule has 1 atom stereocenters. The van der Waals surface area contributed by atoms with Gasteiger partial charge >= 0.3 is 10.2 Å². The first-order valence-corrected chi connectivity index (χ1v) is 11.3. The second-order valence-corrected chi connectivity index (χ2v) is 9.31. The van der Waals surface area contributed by atoms with E-state index in [1.54, 1.807) is 13.0 Å². The van der Waals surface area contributed by atoms with Crippen LogP contribution in [0.3, 0.4) is 0 Å². The van der Waals surface area contributed by atoms with Gasteiger partial charge in [-0.05, 0) is 30.2 Å². The van der Waals surface area contributed by atoms with Crippen LogP contribution >= 0.6 is 10.2 Å². The zero-order valence-electron chi connectivity index (χ0n) is 16.6. The van der Waals surface area contributed by atoms with E-state index in [2.05, 4.69) is 25.3 Å². The van der Waals surface area contributed by atoms with E-state index in [0.717, 1.165) is 18.2 Å². The molecule has 32 heavy (non-hydrogen) atoms. The molecule has 0 aliphatic rings. The average Bonchev–Trinajstić information content (AvgIpc) is 2.72. The Hall–Kier alpha value is -3.35. The molecule has 0 saturated carbocycles. The molecule has 0 aliphatic heterocycles. The highest BCUT2D eigenvalue weighted by Gasteiger charge is 2.65. The Morgan fingerprint density at radius 2 is 1.72 bits per heavy atom. The summed E-state index contributed by atoms with van der Waals surface area (Å²) in [6.07, 6.45) is 3.67. The summed E-state index contributed by atoms with van der Waals surface area (Å²) in [6.45, 7) is 1.78. The van der Waals surface area contributed by atoms with Gasteiger partial charge in [-0.1, -0.05) is 44.9 Å². The smallest absolute Gasteiger partial charge is 0.310 e. The number of H-pyrrole nitrogens is 1. The molecule has 0 bridgehead atoms. The largest absolute Gasteiger partial charge is 0.344 e. The summed E-state index contributed by atoms with van der Waals surface area (Å²) in [5, 5.41) is 2.58. The van der Waals surface area contributed by atoms with E-state index in [9.17, 15) is 29.0 Å². The molecule has 0 fully saturated rings. The molecule has 7 nitrogen and oxygen atoms in total. The van der Waals surface area contributed by atoms with Crippen molar-refractivity contribution in [3.8, 4) is 11.6 Å². The first-order valence-electron chi connectivity index (χ1n) is 9.30. The van der Waals surface area contributed by atoms with Gasteiger partial charge in [0.15, 0.2) is 11.6 Å². The third-order valence-corrected chi connectivity index (χ3v) is 5.53. The van der Waals surface area contributed by atoms with Crippen molar-refractivity contribution in [2.75, 3.05) is 0 Å². The molecular weight excluding hydrogens is 457 g/mol. The minimum atomic E-state index is -9.80. The molecule has 0 spiro atoms. The number of amides is 1. The van der Waals surface area contributed by atoms with Crippen molar-refractivity contribution >= 4 is 16.1 Å². The van der Waals surface area contributed by atoms with Crippen LogP contribution in [-0.2, 0) is 0 Å². The molecule has 0 saturated heterocycles. The van der Waals surface area contributed by atoms with Crippen molar-refractivity contribution in [2.24, 2.45) is 0 Å². The Kier molecular flexibility index (Phi) is 5.58. The number of carbonyl (C=O) groups is 1. The van der Waals surface area contributed by atoms with Crippen molar-refractivity contribution in [1.29, 1.82) is 0 Å². The fourth-order valence-corrected chi connectivity index (χ4v) is 3.55. The molecule has 1 amide bonds. The summed E-state index contributed by atoms with van der Waals surface area (Å²) in [5.74, 6) is -0.741. The Bertz CT molecular complexity index is 1190. The fourth-order valence-electron chi connectivity index (χ4n) is 2.90. The lowest BCUT2D eigenvalue weighted by atomic mass is 10.0. The van der Waals surface area contributed by atoms with Gasteiger partial charge in [0.05, 0.1) is 6.04 Å². The minimum absolute atomic E-state index is 0.0458. The van der Waals surface area contributed by atoms with Crippen LogP contribution in [0.15, 0.2) is 58.5 Å². The van der Waals surface area contributed by atoms with Gasteiger partial charge in [0.1, 0.15) is 10.6 Å². The molecular formula is C19H18F5N5O2S. The van der Waals surface area contributed by atoms with Crippen LogP contribution in [-0.4, -0.2) is 25.8 Å². The van der Waals surface area contributed by atoms with Gasteiger partial charge in [-0.3, -0.25) is 9.59 Å². The SMILES string of the molecule is CCC[C@@H](NC(=O)c1cc(=O)[nH]c(-c2ncccn2)n1)c1ccc(S(F)(F)(F)(F)F)cc1. The van der Waals surface area contributed by atoms with Crippen molar-refractivity contribution < 1.29 is 24.2 Å². The zero-order chi connectivity index (χ0) is 23.6. The molecule has 2 N–H and O–H groups in total. The van der Waals surface area contributed by atoms with Crippen LogP contribution in [0.4, 0.5) is 19.4 Å². The van der Waals surface area contributed by atoms with Crippen LogP contribution in [0.5, 0.6) is 0 Å². The average molecular weight is 475 g/mol. The standard InChI is InChI=1S/C19H18F5N5O2S/c1-2-4-14(12-5-7-13(8-6-12)32(20,21,22,23)24)28-19(31)15-11-16(30)29-18(27-15)17-25-9-3-10-26-17/h3,5-11,14H,2,4H2,1H3,(H,28,31)(H,27,29,30)/t14-/m1/s1. The predicted octanol–water partition coefficient (Wildman–Crippen LogP) is 5.16. The number of carbonyl (C=O) groups excluding carboxylic acids is 1. The summed E-state index contributed by atoms with van der Waals surface area (Å²) in [4.78, 5) is 37.0. The monoisotopic (exact) mass is 475 g/mol. The molecule has 0 radical (unpaired) electrons. The third-order valence-electron chi connectivity index (χ3n) is 4.36. The predicted molar refractivity (Wildman–Crippen MR) is 109 cm³/mol. The van der Waals surface area contributed by atoms with Gasteiger partial charge < -0.3 is 10.3 Å². The second kappa shape index (κ2) is 7.65. The number of aromatic amines is 1. The van der Waals surface area contributed by atoms with Gasteiger partial charge in [-0.15, -0.1) is 0 Å². The number of halogens is 5. The lowest BCUT2D eigenvalue weighted by Crippen LogP contribution is -2.30. The Labute approximate surface area is 178 Å². The maximum absolute atomic E-state index is 13.0. The number of rotatable bonds is 7. The number of hydrogen-bond donors (Lipinski definition) is 2. The highest BCUT2D eigenvalue weighted by molar-refractivity contribution is 8.45. The summed E-state index contributed by atoms with van der Waals surface area (Å²) in [6, 6.07) is 4.07. The van der Waals surface area contributed by atoms with Gasteiger partial charge in [-0.25, -0.2) is 15.0 Å². The van der Waals surface area contributed by atoms with E-state index in [4.69, 9.17) is 0 Å². The number of aromatic nitrogens is 4. The first-order chi connectivity index (χ1) is 14.8. The Morgan fingerprint density at radius 3 is 2.28 bits per heavy atom. The fraction of sp³-hybridized carbons (Fsp3) is 0.211. The molecule has 3 rings (SSSR count). The third kappa shape index (κ3) is 5.66. The molecule has 2 aromatic heterocycles. The number of nitrogens with zero attached hydrogens (tertiary/aromatic N) is 3. The van der Waals surface area contributed by atoms with Gasteiger partial charge in [0, 0.05) is 18.5 Å². The molecule has 0 aliphatic carbocycles. The van der Waals surface area contributed by atoms with E-state index in [-0.39, 0.29) is 22.9 Å². The maximum atomic E-state index is 13.0. The second-order valence-electron chi connectivity index (χ2n) is 6.90. The molecule has 13 heteroatoms. The minimum Gasteiger partial charge on any atom is -0.344 e.